The Hall–Kier alpha value is -2.62. The number of benzene rings is 1. The van der Waals surface area contributed by atoms with E-state index in [1.54, 1.807) is 13.8 Å². The summed E-state index contributed by atoms with van der Waals surface area (Å²) in [6, 6.07) is 5.81. The molecule has 0 spiro atoms. The molecule has 1 aromatic carbocycles. The van der Waals surface area contributed by atoms with Crippen LogP contribution in [0.2, 0.25) is 0 Å². The van der Waals surface area contributed by atoms with Crippen LogP contribution in [0.15, 0.2) is 18.2 Å². The molecule has 0 saturated carbocycles. The van der Waals surface area contributed by atoms with E-state index in [1.165, 1.54) is 18.2 Å². The third-order valence-corrected chi connectivity index (χ3v) is 2.96. The molecule has 1 atom stereocenters. The highest BCUT2D eigenvalue weighted by Gasteiger charge is 2.23. The quantitative estimate of drug-likeness (QED) is 0.608. The number of carboxylic acids is 1. The number of nitrogens with one attached hydrogen (secondary N) is 1. The first kappa shape index (κ1) is 15.4. The van der Waals surface area contributed by atoms with E-state index in [2.05, 4.69) is 5.32 Å². The number of nitro groups is 1. The highest BCUT2D eigenvalue weighted by atomic mass is 16.6. The predicted molar refractivity (Wildman–Crippen MR) is 72.3 cm³/mol. The van der Waals surface area contributed by atoms with Crippen LogP contribution < -0.4 is 5.32 Å². The maximum absolute atomic E-state index is 11.1. The summed E-state index contributed by atoms with van der Waals surface area (Å²) < 4.78 is 0. The number of nitro benzene ring substituents is 1. The lowest BCUT2D eigenvalue weighted by Gasteiger charge is -2.17. The lowest BCUT2D eigenvalue weighted by Crippen LogP contribution is -2.27. The van der Waals surface area contributed by atoms with Crippen molar-refractivity contribution in [3.8, 4) is 6.07 Å². The van der Waals surface area contributed by atoms with Crippen LogP contribution in [0.3, 0.4) is 0 Å². The van der Waals surface area contributed by atoms with Crippen LogP contribution in [0.25, 0.3) is 0 Å². The summed E-state index contributed by atoms with van der Waals surface area (Å²) in [6.07, 6.45) is 0. The lowest BCUT2D eigenvalue weighted by molar-refractivity contribution is -0.384. The van der Waals surface area contributed by atoms with E-state index in [0.717, 1.165) is 0 Å². The van der Waals surface area contributed by atoms with Gasteiger partial charge >= 0.3 is 5.97 Å². The van der Waals surface area contributed by atoms with Gasteiger partial charge in [0.25, 0.3) is 5.69 Å². The Morgan fingerprint density at radius 2 is 2.20 bits per heavy atom. The van der Waals surface area contributed by atoms with Gasteiger partial charge in [-0.15, -0.1) is 0 Å². The van der Waals surface area contributed by atoms with Crippen molar-refractivity contribution in [2.24, 2.45) is 11.8 Å². The van der Waals surface area contributed by atoms with Crippen LogP contribution in [0.4, 0.5) is 11.4 Å². The third-order valence-electron chi connectivity index (χ3n) is 2.96. The molecule has 0 aliphatic heterocycles. The number of nitrogens with zero attached hydrogens (tertiary/aromatic N) is 2. The van der Waals surface area contributed by atoms with E-state index in [-0.39, 0.29) is 29.4 Å². The molecular weight excluding hydrogens is 262 g/mol. The minimum Gasteiger partial charge on any atom is -0.481 e. The molecule has 1 unspecified atom stereocenters. The van der Waals surface area contributed by atoms with Gasteiger partial charge < -0.3 is 10.4 Å². The van der Waals surface area contributed by atoms with Crippen molar-refractivity contribution in [1.82, 2.24) is 0 Å². The van der Waals surface area contributed by atoms with Crippen LogP contribution in [-0.4, -0.2) is 22.5 Å². The first-order chi connectivity index (χ1) is 9.36. The molecule has 0 radical (unpaired) electrons. The summed E-state index contributed by atoms with van der Waals surface area (Å²) in [5, 5.41) is 31.5. The number of rotatable bonds is 6. The summed E-state index contributed by atoms with van der Waals surface area (Å²) in [6.45, 7) is 3.59. The average Bonchev–Trinajstić information content (AvgIpc) is 2.37. The van der Waals surface area contributed by atoms with Crippen LogP contribution in [-0.2, 0) is 4.79 Å². The van der Waals surface area contributed by atoms with Crippen molar-refractivity contribution in [3.63, 3.8) is 0 Å². The minimum absolute atomic E-state index is 0.0583. The fourth-order valence-electron chi connectivity index (χ4n) is 1.73. The molecule has 1 aromatic rings. The molecule has 1 rings (SSSR count). The van der Waals surface area contributed by atoms with E-state index < -0.39 is 16.8 Å². The fourth-order valence-corrected chi connectivity index (χ4v) is 1.73. The summed E-state index contributed by atoms with van der Waals surface area (Å²) >= 11 is 0. The molecule has 106 valence electrons. The van der Waals surface area contributed by atoms with Gasteiger partial charge in [-0.3, -0.25) is 14.9 Å². The van der Waals surface area contributed by atoms with Crippen molar-refractivity contribution in [2.75, 3.05) is 11.9 Å². The van der Waals surface area contributed by atoms with Gasteiger partial charge in [0.05, 0.1) is 22.5 Å². The SMILES string of the molecule is CC(C)C(CNc1cc(C#N)ccc1[N+](=O)[O-])C(=O)O. The Morgan fingerprint density at radius 3 is 2.65 bits per heavy atom. The van der Waals surface area contributed by atoms with Gasteiger partial charge in [-0.1, -0.05) is 13.8 Å². The molecule has 2 N–H and O–H groups in total. The molecule has 0 bridgehead atoms. The van der Waals surface area contributed by atoms with E-state index >= 15 is 0 Å². The zero-order valence-corrected chi connectivity index (χ0v) is 11.2. The Balaban J connectivity index is 2.98. The van der Waals surface area contributed by atoms with E-state index in [1.807, 2.05) is 6.07 Å². The Morgan fingerprint density at radius 1 is 1.55 bits per heavy atom. The summed E-state index contributed by atoms with van der Waals surface area (Å²) in [7, 11) is 0. The first-order valence-electron chi connectivity index (χ1n) is 6.02. The summed E-state index contributed by atoms with van der Waals surface area (Å²) in [4.78, 5) is 21.4. The van der Waals surface area contributed by atoms with E-state index in [4.69, 9.17) is 10.4 Å². The number of anilines is 1. The Labute approximate surface area is 116 Å². The van der Waals surface area contributed by atoms with Gasteiger partial charge in [-0.2, -0.15) is 5.26 Å². The molecule has 0 aliphatic carbocycles. The second-order valence-corrected chi connectivity index (χ2v) is 4.67. The number of hydrogen-bond donors (Lipinski definition) is 2. The summed E-state index contributed by atoms with van der Waals surface area (Å²) in [5.41, 5.74) is 0.243. The average molecular weight is 277 g/mol. The van der Waals surface area contributed by atoms with Gasteiger partial charge in [-0.05, 0) is 18.1 Å². The molecule has 7 nitrogen and oxygen atoms in total. The lowest BCUT2D eigenvalue weighted by atomic mass is 9.96. The van der Waals surface area contributed by atoms with Crippen molar-refractivity contribution in [3.05, 3.63) is 33.9 Å². The predicted octanol–water partition coefficient (Wildman–Crippen LogP) is 2.24. The standard InChI is InChI=1S/C13H15N3O4/c1-8(2)10(13(17)18)7-15-11-5-9(6-14)3-4-12(11)16(19)20/h3-5,8,10,15H,7H2,1-2H3,(H,17,18). The monoisotopic (exact) mass is 277 g/mol. The maximum Gasteiger partial charge on any atom is 0.308 e. The van der Waals surface area contributed by atoms with Gasteiger partial charge in [0.2, 0.25) is 0 Å². The zero-order valence-electron chi connectivity index (χ0n) is 11.2. The van der Waals surface area contributed by atoms with Crippen molar-refractivity contribution >= 4 is 17.3 Å². The first-order valence-corrected chi connectivity index (χ1v) is 6.02. The second kappa shape index (κ2) is 6.52. The molecular formula is C13H15N3O4. The van der Waals surface area contributed by atoms with E-state index in [9.17, 15) is 14.9 Å². The van der Waals surface area contributed by atoms with Gasteiger partial charge in [0.15, 0.2) is 0 Å². The van der Waals surface area contributed by atoms with Gasteiger partial charge in [0, 0.05) is 12.6 Å². The molecule has 20 heavy (non-hydrogen) atoms. The largest absolute Gasteiger partial charge is 0.481 e. The molecule has 0 fully saturated rings. The van der Waals surface area contributed by atoms with Crippen molar-refractivity contribution in [1.29, 1.82) is 5.26 Å². The van der Waals surface area contributed by atoms with Crippen molar-refractivity contribution < 1.29 is 14.8 Å². The molecule has 0 aliphatic rings. The second-order valence-electron chi connectivity index (χ2n) is 4.67. The third kappa shape index (κ3) is 3.68. The molecule has 7 heteroatoms. The summed E-state index contributed by atoms with van der Waals surface area (Å²) in [5.74, 6) is -1.75. The van der Waals surface area contributed by atoms with Crippen molar-refractivity contribution in [2.45, 2.75) is 13.8 Å². The topological polar surface area (TPSA) is 116 Å². The Bertz CT molecular complexity index is 563. The fraction of sp³-hybridized carbons (Fsp3) is 0.385. The van der Waals surface area contributed by atoms with Gasteiger partial charge in [-0.25, -0.2) is 0 Å². The van der Waals surface area contributed by atoms with Gasteiger partial charge in [0.1, 0.15) is 5.69 Å². The molecule has 0 aromatic heterocycles. The number of nitriles is 1. The highest BCUT2D eigenvalue weighted by molar-refractivity contribution is 5.72. The normalized spacial score (nSPS) is 11.7. The number of hydrogen-bond acceptors (Lipinski definition) is 5. The highest BCUT2D eigenvalue weighted by Crippen LogP contribution is 2.26. The minimum atomic E-state index is -0.966. The van der Waals surface area contributed by atoms with Crippen LogP contribution >= 0.6 is 0 Å². The van der Waals surface area contributed by atoms with Crippen LogP contribution in [0.1, 0.15) is 19.4 Å². The molecule has 0 saturated heterocycles. The molecule has 0 heterocycles. The molecule has 0 amide bonds. The number of aliphatic carboxylic acids is 1. The van der Waals surface area contributed by atoms with Crippen LogP contribution in [0, 0.1) is 33.3 Å². The Kier molecular flexibility index (Phi) is 5.03. The van der Waals surface area contributed by atoms with Crippen LogP contribution in [0.5, 0.6) is 0 Å². The number of carbonyl (C=O) groups is 1. The zero-order chi connectivity index (χ0) is 15.3. The maximum atomic E-state index is 11.1. The smallest absolute Gasteiger partial charge is 0.308 e. The van der Waals surface area contributed by atoms with E-state index in [0.29, 0.717) is 0 Å². The number of carboxylic acid groups (broad SMARTS) is 1.